The standard InChI is InChI=1S/C11H23NO/c1-3-5-10(8-12)11(2,13)9-6-4-7-9/h9-10,13H,3-8,12H2,1-2H3. The minimum Gasteiger partial charge on any atom is -0.390 e. The average Bonchev–Trinajstić information content (AvgIpc) is 1.95. The lowest BCUT2D eigenvalue weighted by atomic mass is 9.67. The lowest BCUT2D eigenvalue weighted by Gasteiger charge is -2.43. The molecule has 2 atom stereocenters. The predicted octanol–water partition coefficient (Wildman–Crippen LogP) is 1.91. The molecular weight excluding hydrogens is 162 g/mol. The van der Waals surface area contributed by atoms with Gasteiger partial charge in [0.05, 0.1) is 5.60 Å². The Hall–Kier alpha value is -0.0800. The van der Waals surface area contributed by atoms with Crippen molar-refractivity contribution in [3.63, 3.8) is 0 Å². The first-order chi connectivity index (χ1) is 6.12. The second-order valence-electron chi connectivity index (χ2n) is 4.57. The van der Waals surface area contributed by atoms with Gasteiger partial charge in [0, 0.05) is 0 Å². The SMILES string of the molecule is CCCC(CN)C(C)(O)C1CCC1. The van der Waals surface area contributed by atoms with Crippen molar-refractivity contribution in [2.45, 2.75) is 51.6 Å². The third-order valence-electron chi connectivity index (χ3n) is 3.68. The minimum absolute atomic E-state index is 0.294. The summed E-state index contributed by atoms with van der Waals surface area (Å²) >= 11 is 0. The van der Waals surface area contributed by atoms with E-state index in [0.29, 0.717) is 18.4 Å². The summed E-state index contributed by atoms with van der Waals surface area (Å²) in [6, 6.07) is 0. The third kappa shape index (κ3) is 2.23. The topological polar surface area (TPSA) is 46.2 Å². The van der Waals surface area contributed by atoms with Crippen LogP contribution in [0.3, 0.4) is 0 Å². The second kappa shape index (κ2) is 4.43. The van der Waals surface area contributed by atoms with Crippen LogP contribution in [0.1, 0.15) is 46.0 Å². The Bertz CT molecular complexity index is 152. The molecule has 2 unspecified atom stereocenters. The van der Waals surface area contributed by atoms with Crippen LogP contribution in [-0.2, 0) is 0 Å². The highest BCUT2D eigenvalue weighted by atomic mass is 16.3. The number of aliphatic hydroxyl groups is 1. The Balaban J connectivity index is 2.52. The van der Waals surface area contributed by atoms with E-state index in [1.165, 1.54) is 19.3 Å². The zero-order valence-electron chi connectivity index (χ0n) is 8.92. The van der Waals surface area contributed by atoms with Crippen LogP contribution in [0.4, 0.5) is 0 Å². The molecule has 0 spiro atoms. The predicted molar refractivity (Wildman–Crippen MR) is 55.4 cm³/mol. The smallest absolute Gasteiger partial charge is 0.0687 e. The molecule has 1 fully saturated rings. The molecule has 0 aliphatic heterocycles. The molecule has 0 radical (unpaired) electrons. The van der Waals surface area contributed by atoms with Crippen LogP contribution in [0, 0.1) is 11.8 Å². The molecule has 1 aliphatic rings. The molecule has 1 aliphatic carbocycles. The van der Waals surface area contributed by atoms with Crippen LogP contribution < -0.4 is 5.73 Å². The fraction of sp³-hybridized carbons (Fsp3) is 1.00. The Labute approximate surface area is 81.5 Å². The number of nitrogens with two attached hydrogens (primary N) is 1. The van der Waals surface area contributed by atoms with E-state index in [1.54, 1.807) is 0 Å². The monoisotopic (exact) mass is 185 g/mol. The van der Waals surface area contributed by atoms with Crippen molar-refractivity contribution in [3.8, 4) is 0 Å². The lowest BCUT2D eigenvalue weighted by molar-refractivity contribution is -0.0807. The molecule has 0 saturated heterocycles. The van der Waals surface area contributed by atoms with Crippen molar-refractivity contribution >= 4 is 0 Å². The summed E-state index contributed by atoms with van der Waals surface area (Å²) in [5.41, 5.74) is 5.19. The van der Waals surface area contributed by atoms with Gasteiger partial charge in [-0.05, 0) is 44.6 Å². The molecule has 13 heavy (non-hydrogen) atoms. The maximum Gasteiger partial charge on any atom is 0.0687 e. The van der Waals surface area contributed by atoms with Crippen molar-refractivity contribution in [2.75, 3.05) is 6.54 Å². The summed E-state index contributed by atoms with van der Waals surface area (Å²) in [6.45, 7) is 4.75. The van der Waals surface area contributed by atoms with E-state index in [0.717, 1.165) is 12.8 Å². The minimum atomic E-state index is -0.511. The van der Waals surface area contributed by atoms with Crippen LogP contribution in [-0.4, -0.2) is 17.3 Å². The molecule has 1 rings (SSSR count). The molecule has 78 valence electrons. The van der Waals surface area contributed by atoms with Gasteiger partial charge in [-0.3, -0.25) is 0 Å². The summed E-state index contributed by atoms with van der Waals surface area (Å²) in [7, 11) is 0. The van der Waals surface area contributed by atoms with Gasteiger partial charge >= 0.3 is 0 Å². The first kappa shape index (κ1) is 11.0. The summed E-state index contributed by atoms with van der Waals surface area (Å²) in [5, 5.41) is 10.3. The summed E-state index contributed by atoms with van der Waals surface area (Å²) in [4.78, 5) is 0. The molecule has 0 heterocycles. The molecule has 1 saturated carbocycles. The molecule has 2 heteroatoms. The van der Waals surface area contributed by atoms with Gasteiger partial charge in [-0.2, -0.15) is 0 Å². The molecule has 0 aromatic carbocycles. The largest absolute Gasteiger partial charge is 0.390 e. The first-order valence-electron chi connectivity index (χ1n) is 5.55. The van der Waals surface area contributed by atoms with Crippen molar-refractivity contribution in [3.05, 3.63) is 0 Å². The van der Waals surface area contributed by atoms with Crippen LogP contribution in [0.5, 0.6) is 0 Å². The van der Waals surface area contributed by atoms with E-state index in [2.05, 4.69) is 6.92 Å². The highest BCUT2D eigenvalue weighted by Gasteiger charge is 2.41. The van der Waals surface area contributed by atoms with E-state index in [4.69, 9.17) is 5.73 Å². The number of hydrogen-bond acceptors (Lipinski definition) is 2. The van der Waals surface area contributed by atoms with E-state index in [-0.39, 0.29) is 0 Å². The summed E-state index contributed by atoms with van der Waals surface area (Å²) in [5.74, 6) is 0.801. The molecule has 0 bridgehead atoms. The molecule has 2 nitrogen and oxygen atoms in total. The van der Waals surface area contributed by atoms with Crippen LogP contribution in [0.15, 0.2) is 0 Å². The molecular formula is C11H23NO. The lowest BCUT2D eigenvalue weighted by Crippen LogP contribution is -2.48. The van der Waals surface area contributed by atoms with Crippen LogP contribution in [0.2, 0.25) is 0 Å². The third-order valence-corrected chi connectivity index (χ3v) is 3.68. The maximum absolute atomic E-state index is 10.3. The van der Waals surface area contributed by atoms with Gasteiger partial charge in [-0.15, -0.1) is 0 Å². The van der Waals surface area contributed by atoms with Gasteiger partial charge in [0.15, 0.2) is 0 Å². The maximum atomic E-state index is 10.3. The van der Waals surface area contributed by atoms with Crippen molar-refractivity contribution in [2.24, 2.45) is 17.6 Å². The Morgan fingerprint density at radius 2 is 2.15 bits per heavy atom. The van der Waals surface area contributed by atoms with Crippen molar-refractivity contribution in [1.82, 2.24) is 0 Å². The highest BCUT2D eigenvalue weighted by molar-refractivity contribution is 4.92. The van der Waals surface area contributed by atoms with Crippen LogP contribution in [0.25, 0.3) is 0 Å². The molecule has 3 N–H and O–H groups in total. The van der Waals surface area contributed by atoms with Crippen LogP contribution >= 0.6 is 0 Å². The molecule has 0 aromatic heterocycles. The van der Waals surface area contributed by atoms with E-state index < -0.39 is 5.60 Å². The van der Waals surface area contributed by atoms with Crippen molar-refractivity contribution in [1.29, 1.82) is 0 Å². The summed E-state index contributed by atoms with van der Waals surface area (Å²) in [6.07, 6.45) is 5.83. The van der Waals surface area contributed by atoms with Gasteiger partial charge in [0.1, 0.15) is 0 Å². The molecule has 0 amide bonds. The Morgan fingerprint density at radius 1 is 1.54 bits per heavy atom. The summed E-state index contributed by atoms with van der Waals surface area (Å²) < 4.78 is 0. The highest BCUT2D eigenvalue weighted by Crippen LogP contribution is 2.41. The van der Waals surface area contributed by atoms with Gasteiger partial charge < -0.3 is 10.8 Å². The van der Waals surface area contributed by atoms with Gasteiger partial charge in [0.25, 0.3) is 0 Å². The second-order valence-corrected chi connectivity index (χ2v) is 4.57. The fourth-order valence-corrected chi connectivity index (χ4v) is 2.32. The van der Waals surface area contributed by atoms with E-state index in [1.807, 2.05) is 6.92 Å². The average molecular weight is 185 g/mol. The quantitative estimate of drug-likeness (QED) is 0.687. The van der Waals surface area contributed by atoms with E-state index >= 15 is 0 Å². The Morgan fingerprint density at radius 3 is 2.46 bits per heavy atom. The van der Waals surface area contributed by atoms with E-state index in [9.17, 15) is 5.11 Å². The first-order valence-corrected chi connectivity index (χ1v) is 5.55. The zero-order chi connectivity index (χ0) is 9.90. The normalized spacial score (nSPS) is 24.9. The number of hydrogen-bond donors (Lipinski definition) is 2. The van der Waals surface area contributed by atoms with Gasteiger partial charge in [0.2, 0.25) is 0 Å². The zero-order valence-corrected chi connectivity index (χ0v) is 8.92. The van der Waals surface area contributed by atoms with Gasteiger partial charge in [-0.1, -0.05) is 19.8 Å². The number of rotatable bonds is 5. The van der Waals surface area contributed by atoms with Crippen molar-refractivity contribution < 1.29 is 5.11 Å². The Kier molecular flexibility index (Phi) is 3.74. The van der Waals surface area contributed by atoms with Gasteiger partial charge in [-0.25, -0.2) is 0 Å². The molecule has 0 aromatic rings. The fourth-order valence-electron chi connectivity index (χ4n) is 2.32.